The highest BCUT2D eigenvalue weighted by Crippen LogP contribution is 2.24. The van der Waals surface area contributed by atoms with Crippen LogP contribution in [-0.2, 0) is 4.79 Å². The standard InChI is InChI=1S/C21H20N2O3S/c1-2-26-17-9-7-15(8-10-17)19(24)11-12-21(25)23-22-13-16-14-27-20-6-4-3-5-18(16)20/h3-10,13-14H,2,11-12H2,1H3,(H,23,25)/b22-13+. The van der Waals surface area contributed by atoms with E-state index in [0.29, 0.717) is 12.2 Å². The number of fused-ring (bicyclic) bond motifs is 1. The number of ether oxygens (including phenoxy) is 1. The summed E-state index contributed by atoms with van der Waals surface area (Å²) < 4.78 is 6.52. The summed E-state index contributed by atoms with van der Waals surface area (Å²) in [5, 5.41) is 7.10. The minimum absolute atomic E-state index is 0.0824. The molecule has 1 heterocycles. The number of nitrogens with one attached hydrogen (secondary N) is 1. The number of rotatable bonds is 8. The van der Waals surface area contributed by atoms with Crippen LogP contribution in [0.4, 0.5) is 0 Å². The number of carbonyl (C=O) groups is 2. The fourth-order valence-electron chi connectivity index (χ4n) is 2.60. The largest absolute Gasteiger partial charge is 0.494 e. The third-order valence-corrected chi connectivity index (χ3v) is 4.95. The third-order valence-electron chi connectivity index (χ3n) is 3.97. The van der Waals surface area contributed by atoms with Gasteiger partial charge in [-0.05, 0) is 37.3 Å². The summed E-state index contributed by atoms with van der Waals surface area (Å²) in [7, 11) is 0. The number of amides is 1. The first-order chi connectivity index (χ1) is 13.2. The highest BCUT2D eigenvalue weighted by atomic mass is 32.1. The molecule has 1 N–H and O–H groups in total. The minimum Gasteiger partial charge on any atom is -0.494 e. The predicted octanol–water partition coefficient (Wildman–Crippen LogP) is 4.41. The van der Waals surface area contributed by atoms with E-state index in [4.69, 9.17) is 4.74 Å². The van der Waals surface area contributed by atoms with Crippen molar-refractivity contribution in [1.82, 2.24) is 5.43 Å². The molecule has 0 aliphatic heterocycles. The van der Waals surface area contributed by atoms with E-state index in [1.165, 1.54) is 4.70 Å². The zero-order valence-corrected chi connectivity index (χ0v) is 15.8. The molecule has 0 radical (unpaired) electrons. The number of Topliss-reactive ketones (excluding diaryl/α,β-unsaturated/α-hetero) is 1. The maximum absolute atomic E-state index is 12.2. The number of hydrogen-bond donors (Lipinski definition) is 1. The van der Waals surface area contributed by atoms with Gasteiger partial charge < -0.3 is 4.74 Å². The predicted molar refractivity (Wildman–Crippen MR) is 109 cm³/mol. The Morgan fingerprint density at radius 2 is 1.89 bits per heavy atom. The fraction of sp³-hybridized carbons (Fsp3) is 0.190. The first-order valence-corrected chi connectivity index (χ1v) is 9.59. The van der Waals surface area contributed by atoms with Gasteiger partial charge in [0.2, 0.25) is 5.91 Å². The van der Waals surface area contributed by atoms with E-state index in [1.807, 2.05) is 36.6 Å². The number of ketones is 1. The van der Waals surface area contributed by atoms with Crippen LogP contribution in [0.25, 0.3) is 10.1 Å². The van der Waals surface area contributed by atoms with Crippen molar-refractivity contribution in [3.63, 3.8) is 0 Å². The molecule has 0 bridgehead atoms. The van der Waals surface area contributed by atoms with Crippen LogP contribution in [-0.4, -0.2) is 24.5 Å². The monoisotopic (exact) mass is 380 g/mol. The van der Waals surface area contributed by atoms with Crippen molar-refractivity contribution in [3.05, 3.63) is 65.0 Å². The van der Waals surface area contributed by atoms with Crippen molar-refractivity contribution < 1.29 is 14.3 Å². The highest BCUT2D eigenvalue weighted by Gasteiger charge is 2.09. The number of carbonyl (C=O) groups excluding carboxylic acids is 2. The van der Waals surface area contributed by atoms with Gasteiger partial charge in [0.25, 0.3) is 0 Å². The lowest BCUT2D eigenvalue weighted by molar-refractivity contribution is -0.121. The Bertz CT molecular complexity index is 961. The number of hydrazone groups is 1. The van der Waals surface area contributed by atoms with Crippen LogP contribution in [0.5, 0.6) is 5.75 Å². The average Bonchev–Trinajstić information content (AvgIpc) is 3.10. The van der Waals surface area contributed by atoms with E-state index in [9.17, 15) is 9.59 Å². The lowest BCUT2D eigenvalue weighted by Crippen LogP contribution is -2.18. The molecule has 3 aromatic rings. The van der Waals surface area contributed by atoms with E-state index < -0.39 is 0 Å². The summed E-state index contributed by atoms with van der Waals surface area (Å²) in [6.45, 7) is 2.48. The Hall–Kier alpha value is -2.99. The minimum atomic E-state index is -0.287. The summed E-state index contributed by atoms with van der Waals surface area (Å²) in [5.74, 6) is 0.355. The van der Waals surface area contributed by atoms with Crippen LogP contribution in [0.2, 0.25) is 0 Å². The Labute approximate surface area is 161 Å². The molecule has 2 aromatic carbocycles. The van der Waals surface area contributed by atoms with E-state index in [0.717, 1.165) is 16.7 Å². The number of thiophene rings is 1. The van der Waals surface area contributed by atoms with Gasteiger partial charge in [0.05, 0.1) is 12.8 Å². The smallest absolute Gasteiger partial charge is 0.240 e. The van der Waals surface area contributed by atoms with Gasteiger partial charge in [0.15, 0.2) is 5.78 Å². The lowest BCUT2D eigenvalue weighted by atomic mass is 10.1. The second-order valence-corrected chi connectivity index (χ2v) is 6.77. The van der Waals surface area contributed by atoms with Gasteiger partial charge in [-0.2, -0.15) is 5.10 Å². The second-order valence-electron chi connectivity index (χ2n) is 5.86. The summed E-state index contributed by atoms with van der Waals surface area (Å²) in [6.07, 6.45) is 1.86. The van der Waals surface area contributed by atoms with Gasteiger partial charge in [0.1, 0.15) is 5.75 Å². The molecule has 1 amide bonds. The van der Waals surface area contributed by atoms with Crippen LogP contribution < -0.4 is 10.2 Å². The zero-order chi connectivity index (χ0) is 19.1. The molecule has 0 fully saturated rings. The highest BCUT2D eigenvalue weighted by molar-refractivity contribution is 7.17. The van der Waals surface area contributed by atoms with E-state index in [2.05, 4.69) is 10.5 Å². The Morgan fingerprint density at radius 1 is 1.11 bits per heavy atom. The number of hydrogen-bond acceptors (Lipinski definition) is 5. The van der Waals surface area contributed by atoms with E-state index in [1.54, 1.807) is 41.8 Å². The Balaban J connectivity index is 1.48. The number of nitrogens with zero attached hydrogens (tertiary/aromatic N) is 1. The van der Waals surface area contributed by atoms with Crippen molar-refractivity contribution in [2.24, 2.45) is 5.10 Å². The molecule has 0 aliphatic carbocycles. The normalized spacial score (nSPS) is 11.0. The Kier molecular flexibility index (Phi) is 6.33. The molecule has 0 spiro atoms. The molecule has 0 saturated heterocycles. The maximum Gasteiger partial charge on any atom is 0.240 e. The van der Waals surface area contributed by atoms with Gasteiger partial charge in [-0.25, -0.2) is 5.43 Å². The van der Waals surface area contributed by atoms with Crippen LogP contribution in [0.1, 0.15) is 35.7 Å². The number of benzene rings is 2. The summed E-state index contributed by atoms with van der Waals surface area (Å²) in [6, 6.07) is 15.0. The molecule has 138 valence electrons. The molecule has 0 unspecified atom stereocenters. The maximum atomic E-state index is 12.2. The molecule has 1 aromatic heterocycles. The molecule has 0 saturated carbocycles. The molecular formula is C21H20N2O3S. The zero-order valence-electron chi connectivity index (χ0n) is 15.0. The molecule has 0 atom stereocenters. The van der Waals surface area contributed by atoms with Crippen molar-refractivity contribution >= 4 is 39.3 Å². The van der Waals surface area contributed by atoms with Gasteiger partial charge in [-0.15, -0.1) is 11.3 Å². The molecule has 3 rings (SSSR count). The summed E-state index contributed by atoms with van der Waals surface area (Å²) in [5.41, 5.74) is 4.01. The van der Waals surface area contributed by atoms with Crippen LogP contribution in [0.3, 0.4) is 0 Å². The summed E-state index contributed by atoms with van der Waals surface area (Å²) >= 11 is 1.63. The van der Waals surface area contributed by atoms with Gasteiger partial charge in [-0.1, -0.05) is 18.2 Å². The molecule has 0 aliphatic rings. The van der Waals surface area contributed by atoms with E-state index >= 15 is 0 Å². The SMILES string of the molecule is CCOc1ccc(C(=O)CCC(=O)N/N=C/c2csc3ccccc23)cc1. The topological polar surface area (TPSA) is 67.8 Å². The van der Waals surface area contributed by atoms with Crippen LogP contribution >= 0.6 is 11.3 Å². The molecular weight excluding hydrogens is 360 g/mol. The first-order valence-electron chi connectivity index (χ1n) is 8.71. The van der Waals surface area contributed by atoms with Crippen molar-refractivity contribution in [1.29, 1.82) is 0 Å². The van der Waals surface area contributed by atoms with E-state index in [-0.39, 0.29) is 24.5 Å². The quantitative estimate of drug-likeness (QED) is 0.357. The van der Waals surface area contributed by atoms with Crippen molar-refractivity contribution in [2.45, 2.75) is 19.8 Å². The first kappa shape index (κ1) is 18.8. The molecule has 5 nitrogen and oxygen atoms in total. The van der Waals surface area contributed by atoms with Crippen LogP contribution in [0, 0.1) is 0 Å². The van der Waals surface area contributed by atoms with Gasteiger partial charge in [0, 0.05) is 39.4 Å². The lowest BCUT2D eigenvalue weighted by Gasteiger charge is -2.04. The van der Waals surface area contributed by atoms with Gasteiger partial charge in [-0.3, -0.25) is 9.59 Å². The second kappa shape index (κ2) is 9.09. The average molecular weight is 380 g/mol. The molecule has 27 heavy (non-hydrogen) atoms. The van der Waals surface area contributed by atoms with Gasteiger partial charge >= 0.3 is 0 Å². The molecule has 6 heteroatoms. The van der Waals surface area contributed by atoms with Crippen molar-refractivity contribution in [3.8, 4) is 5.75 Å². The fourth-order valence-corrected chi connectivity index (χ4v) is 3.51. The van der Waals surface area contributed by atoms with Crippen molar-refractivity contribution in [2.75, 3.05) is 6.61 Å². The summed E-state index contributed by atoms with van der Waals surface area (Å²) in [4.78, 5) is 24.1. The Morgan fingerprint density at radius 3 is 2.67 bits per heavy atom. The van der Waals surface area contributed by atoms with Crippen LogP contribution in [0.15, 0.2) is 59.0 Å². The third kappa shape index (κ3) is 5.01.